The lowest BCUT2D eigenvalue weighted by Crippen LogP contribution is -2.06. The van der Waals surface area contributed by atoms with Crippen molar-refractivity contribution in [2.75, 3.05) is 0 Å². The number of rotatable bonds is 3. The van der Waals surface area contributed by atoms with Crippen LogP contribution in [0.25, 0.3) is 0 Å². The van der Waals surface area contributed by atoms with Crippen molar-refractivity contribution in [1.29, 1.82) is 0 Å². The van der Waals surface area contributed by atoms with Crippen molar-refractivity contribution in [2.24, 2.45) is 5.92 Å². The van der Waals surface area contributed by atoms with Crippen LogP contribution in [0.3, 0.4) is 0 Å². The van der Waals surface area contributed by atoms with E-state index in [9.17, 15) is 0 Å². The third kappa shape index (κ3) is 1.74. The Morgan fingerprint density at radius 1 is 1.73 bits per heavy atom. The van der Waals surface area contributed by atoms with Gasteiger partial charge in [-0.15, -0.1) is 11.6 Å². The molecule has 1 aliphatic rings. The van der Waals surface area contributed by atoms with Crippen molar-refractivity contribution in [2.45, 2.75) is 24.6 Å². The van der Waals surface area contributed by atoms with Gasteiger partial charge >= 0.3 is 0 Å². The highest BCUT2D eigenvalue weighted by Crippen LogP contribution is 2.36. The Hall–Kier alpha value is -0.500. The molecule has 1 heterocycles. The van der Waals surface area contributed by atoms with Crippen LogP contribution in [-0.4, -0.2) is 15.3 Å². The lowest BCUT2D eigenvalue weighted by Gasteiger charge is -2.03. The van der Waals surface area contributed by atoms with E-state index in [-0.39, 0.29) is 0 Å². The van der Waals surface area contributed by atoms with Crippen LogP contribution in [-0.2, 0) is 6.42 Å². The zero-order valence-electron chi connectivity index (χ0n) is 6.26. The first-order valence-corrected chi connectivity index (χ1v) is 4.42. The number of aromatic amines is 1. The Labute approximate surface area is 71.0 Å². The molecule has 1 unspecified atom stereocenters. The number of hydrogen-bond donors (Lipinski definition) is 1. The molecule has 0 saturated heterocycles. The van der Waals surface area contributed by atoms with Gasteiger partial charge in [-0.2, -0.15) is 0 Å². The molecule has 11 heavy (non-hydrogen) atoms. The molecule has 1 atom stereocenters. The summed E-state index contributed by atoms with van der Waals surface area (Å²) in [4.78, 5) is 7.18. The van der Waals surface area contributed by atoms with Gasteiger partial charge in [-0.3, -0.25) is 0 Å². The van der Waals surface area contributed by atoms with Gasteiger partial charge in [0.1, 0.15) is 5.82 Å². The fraction of sp³-hybridized carbons (Fsp3) is 0.625. The summed E-state index contributed by atoms with van der Waals surface area (Å²) in [5, 5.41) is 0.293. The van der Waals surface area contributed by atoms with Crippen molar-refractivity contribution >= 4 is 11.6 Å². The predicted molar refractivity (Wildman–Crippen MR) is 44.7 cm³/mol. The summed E-state index contributed by atoms with van der Waals surface area (Å²) in [5.41, 5.74) is 0. The number of alkyl halides is 1. The molecule has 1 aromatic rings. The molecule has 0 amide bonds. The monoisotopic (exact) mass is 170 g/mol. The molecule has 0 aromatic carbocycles. The van der Waals surface area contributed by atoms with Crippen molar-refractivity contribution in [1.82, 2.24) is 9.97 Å². The maximum Gasteiger partial charge on any atom is 0.107 e. The van der Waals surface area contributed by atoms with Crippen molar-refractivity contribution in [3.8, 4) is 0 Å². The molecule has 1 N–H and O–H groups in total. The summed E-state index contributed by atoms with van der Waals surface area (Å²) in [7, 11) is 0. The van der Waals surface area contributed by atoms with Crippen LogP contribution >= 0.6 is 11.6 Å². The van der Waals surface area contributed by atoms with Crippen LogP contribution in [0, 0.1) is 5.92 Å². The molecule has 1 fully saturated rings. The first-order valence-electron chi connectivity index (χ1n) is 3.98. The molecular formula is C8H11ClN2. The quantitative estimate of drug-likeness (QED) is 0.691. The fourth-order valence-corrected chi connectivity index (χ4v) is 1.62. The fourth-order valence-electron chi connectivity index (χ4n) is 1.22. The summed E-state index contributed by atoms with van der Waals surface area (Å²) in [6, 6.07) is 0. The second-order valence-corrected chi connectivity index (χ2v) is 3.65. The van der Waals surface area contributed by atoms with Gasteiger partial charge in [0.25, 0.3) is 0 Å². The number of nitrogens with zero attached hydrogens (tertiary/aromatic N) is 1. The van der Waals surface area contributed by atoms with Gasteiger partial charge in [0.05, 0.1) is 0 Å². The molecule has 0 radical (unpaired) electrons. The standard InChI is InChI=1S/C8H11ClN2/c9-7(6-1-2-6)5-8-10-3-4-11-8/h3-4,6-7H,1-2,5H2,(H,10,11). The van der Waals surface area contributed by atoms with E-state index in [1.165, 1.54) is 12.8 Å². The highest BCUT2D eigenvalue weighted by molar-refractivity contribution is 6.21. The Kier molecular flexibility index (Phi) is 1.86. The summed E-state index contributed by atoms with van der Waals surface area (Å²) in [6.45, 7) is 0. The molecule has 2 nitrogen and oxygen atoms in total. The average molecular weight is 171 g/mol. The maximum atomic E-state index is 6.11. The van der Waals surface area contributed by atoms with E-state index in [4.69, 9.17) is 11.6 Å². The Balaban J connectivity index is 1.89. The number of hydrogen-bond acceptors (Lipinski definition) is 1. The van der Waals surface area contributed by atoms with Crippen molar-refractivity contribution in [3.63, 3.8) is 0 Å². The number of aromatic nitrogens is 2. The average Bonchev–Trinajstić information content (AvgIpc) is 2.73. The predicted octanol–water partition coefficient (Wildman–Crippen LogP) is 1.97. The Morgan fingerprint density at radius 3 is 3.09 bits per heavy atom. The van der Waals surface area contributed by atoms with Crippen LogP contribution in [0.1, 0.15) is 18.7 Å². The second-order valence-electron chi connectivity index (χ2n) is 3.09. The number of H-pyrrole nitrogens is 1. The molecule has 1 aliphatic carbocycles. The largest absolute Gasteiger partial charge is 0.349 e. The summed E-state index contributed by atoms with van der Waals surface area (Å²) in [6.07, 6.45) is 7.10. The van der Waals surface area contributed by atoms with Crippen molar-refractivity contribution < 1.29 is 0 Å². The van der Waals surface area contributed by atoms with Crippen LogP contribution in [0.2, 0.25) is 0 Å². The van der Waals surface area contributed by atoms with E-state index in [1.54, 1.807) is 6.20 Å². The molecule has 60 valence electrons. The van der Waals surface area contributed by atoms with Gasteiger partial charge < -0.3 is 4.98 Å². The number of imidazole rings is 1. The number of nitrogens with one attached hydrogen (secondary N) is 1. The van der Waals surface area contributed by atoms with Crippen LogP contribution < -0.4 is 0 Å². The van der Waals surface area contributed by atoms with Gasteiger partial charge in [0, 0.05) is 24.2 Å². The Bertz CT molecular complexity index is 216. The molecule has 0 bridgehead atoms. The molecule has 1 saturated carbocycles. The zero-order valence-corrected chi connectivity index (χ0v) is 7.01. The van der Waals surface area contributed by atoms with E-state index >= 15 is 0 Å². The van der Waals surface area contributed by atoms with Gasteiger partial charge in [-0.1, -0.05) is 0 Å². The van der Waals surface area contributed by atoms with Crippen LogP contribution in [0.4, 0.5) is 0 Å². The SMILES string of the molecule is ClC(Cc1ncc[nH]1)C1CC1. The van der Waals surface area contributed by atoms with Gasteiger partial charge in [0.2, 0.25) is 0 Å². The van der Waals surface area contributed by atoms with Gasteiger partial charge in [-0.05, 0) is 18.8 Å². The van der Waals surface area contributed by atoms with E-state index < -0.39 is 0 Å². The zero-order chi connectivity index (χ0) is 7.68. The lowest BCUT2D eigenvalue weighted by molar-refractivity contribution is 0.714. The molecule has 1 aromatic heterocycles. The summed E-state index contributed by atoms with van der Waals surface area (Å²) < 4.78 is 0. The smallest absolute Gasteiger partial charge is 0.107 e. The molecule has 0 aliphatic heterocycles. The lowest BCUT2D eigenvalue weighted by atomic mass is 10.2. The first-order chi connectivity index (χ1) is 5.36. The van der Waals surface area contributed by atoms with E-state index in [0.29, 0.717) is 5.38 Å². The van der Waals surface area contributed by atoms with Crippen LogP contribution in [0.15, 0.2) is 12.4 Å². The van der Waals surface area contributed by atoms with Gasteiger partial charge in [0.15, 0.2) is 0 Å². The third-order valence-electron chi connectivity index (χ3n) is 2.08. The molecule has 3 heteroatoms. The minimum absolute atomic E-state index is 0.293. The third-order valence-corrected chi connectivity index (χ3v) is 2.59. The highest BCUT2D eigenvalue weighted by Gasteiger charge is 2.29. The van der Waals surface area contributed by atoms with Crippen molar-refractivity contribution in [3.05, 3.63) is 18.2 Å². The van der Waals surface area contributed by atoms with Crippen LogP contribution in [0.5, 0.6) is 0 Å². The summed E-state index contributed by atoms with van der Waals surface area (Å²) >= 11 is 6.11. The van der Waals surface area contributed by atoms with E-state index in [1.807, 2.05) is 6.20 Å². The molecule has 2 rings (SSSR count). The minimum atomic E-state index is 0.293. The van der Waals surface area contributed by atoms with Gasteiger partial charge in [-0.25, -0.2) is 4.98 Å². The highest BCUT2D eigenvalue weighted by atomic mass is 35.5. The summed E-state index contributed by atoms with van der Waals surface area (Å²) in [5.74, 6) is 1.76. The first kappa shape index (κ1) is 7.17. The second kappa shape index (κ2) is 2.86. The topological polar surface area (TPSA) is 28.7 Å². The maximum absolute atomic E-state index is 6.11. The number of halogens is 1. The molecule has 0 spiro atoms. The van der Waals surface area contributed by atoms with E-state index in [0.717, 1.165) is 18.2 Å². The molecular weight excluding hydrogens is 160 g/mol. The van der Waals surface area contributed by atoms with E-state index in [2.05, 4.69) is 9.97 Å². The Morgan fingerprint density at radius 2 is 2.55 bits per heavy atom. The minimum Gasteiger partial charge on any atom is -0.349 e. The normalized spacial score (nSPS) is 20.1.